The Morgan fingerprint density at radius 1 is 0.929 bits per heavy atom. The van der Waals surface area contributed by atoms with Crippen molar-refractivity contribution in [1.29, 1.82) is 0 Å². The van der Waals surface area contributed by atoms with Gasteiger partial charge in [-0.15, -0.1) is 23.1 Å². The molecule has 4 rings (SSSR count). The van der Waals surface area contributed by atoms with Crippen molar-refractivity contribution >= 4 is 34.5 Å². The van der Waals surface area contributed by atoms with Crippen LogP contribution in [-0.4, -0.2) is 17.0 Å². The zero-order valence-electron chi connectivity index (χ0n) is 15.8. The summed E-state index contributed by atoms with van der Waals surface area (Å²) < 4.78 is 0. The Labute approximate surface area is 174 Å². The first kappa shape index (κ1) is 18.7. The highest BCUT2D eigenvalue weighted by Gasteiger charge is 2.10. The predicted octanol–water partition coefficient (Wildman–Crippen LogP) is 7.34. The van der Waals surface area contributed by atoms with Crippen molar-refractivity contribution in [2.45, 2.75) is 11.8 Å². The van der Waals surface area contributed by atoms with Crippen LogP contribution in [0.2, 0.25) is 0 Å². The van der Waals surface area contributed by atoms with E-state index in [9.17, 15) is 0 Å². The number of nitrogens with zero attached hydrogens (tertiary/aromatic N) is 2. The number of rotatable bonds is 5. The van der Waals surface area contributed by atoms with E-state index in [1.807, 2.05) is 29.8 Å². The van der Waals surface area contributed by atoms with Crippen molar-refractivity contribution in [3.63, 3.8) is 0 Å². The minimum absolute atomic E-state index is 0.943. The highest BCUT2D eigenvalue weighted by molar-refractivity contribution is 7.98. The van der Waals surface area contributed by atoms with E-state index in [0.29, 0.717) is 0 Å². The van der Waals surface area contributed by atoms with E-state index in [-0.39, 0.29) is 0 Å². The minimum Gasteiger partial charge on any atom is -0.253 e. The van der Waals surface area contributed by atoms with Crippen LogP contribution < -0.4 is 0 Å². The second-order valence-corrected chi connectivity index (χ2v) is 8.14. The number of hydrogen-bond donors (Lipinski definition) is 0. The molecule has 4 aromatic rings. The third kappa shape index (κ3) is 4.08. The molecule has 0 bridgehead atoms. The maximum atomic E-state index is 4.93. The number of thioether (sulfide) groups is 1. The van der Waals surface area contributed by atoms with Gasteiger partial charge in [0.1, 0.15) is 5.01 Å². The molecule has 0 N–H and O–H groups in total. The molecule has 0 spiro atoms. The Morgan fingerprint density at radius 3 is 2.50 bits per heavy atom. The van der Waals surface area contributed by atoms with Gasteiger partial charge in [0.2, 0.25) is 0 Å². The van der Waals surface area contributed by atoms with Crippen LogP contribution in [0.15, 0.2) is 94.3 Å². The summed E-state index contributed by atoms with van der Waals surface area (Å²) in [7, 11) is 0. The van der Waals surface area contributed by atoms with Gasteiger partial charge >= 0.3 is 0 Å². The first-order valence-corrected chi connectivity index (χ1v) is 11.1. The fourth-order valence-corrected chi connectivity index (χ4v) is 4.23. The molecule has 0 amide bonds. The molecule has 0 fully saturated rings. The van der Waals surface area contributed by atoms with Gasteiger partial charge in [0.25, 0.3) is 0 Å². The molecule has 138 valence electrons. The molecule has 0 aliphatic carbocycles. The Balaban J connectivity index is 1.76. The molecule has 4 heteroatoms. The van der Waals surface area contributed by atoms with Gasteiger partial charge in [0.05, 0.1) is 5.69 Å². The van der Waals surface area contributed by atoms with Gasteiger partial charge in [-0.3, -0.25) is 4.99 Å². The zero-order valence-corrected chi connectivity index (χ0v) is 17.4. The lowest BCUT2D eigenvalue weighted by molar-refractivity contribution is 1.40. The number of thiazole rings is 1. The molecule has 0 aliphatic heterocycles. The van der Waals surface area contributed by atoms with E-state index < -0.39 is 0 Å². The van der Waals surface area contributed by atoms with Crippen molar-refractivity contribution in [2.24, 2.45) is 4.99 Å². The van der Waals surface area contributed by atoms with Gasteiger partial charge in [0.15, 0.2) is 0 Å². The van der Waals surface area contributed by atoms with Crippen molar-refractivity contribution in [1.82, 2.24) is 4.98 Å². The van der Waals surface area contributed by atoms with E-state index in [2.05, 4.69) is 72.8 Å². The van der Waals surface area contributed by atoms with E-state index in [0.717, 1.165) is 27.5 Å². The molecule has 28 heavy (non-hydrogen) atoms. The summed E-state index contributed by atoms with van der Waals surface area (Å²) in [5, 5.41) is 3.01. The van der Waals surface area contributed by atoms with E-state index in [4.69, 9.17) is 4.99 Å². The molecule has 1 aromatic heterocycles. The monoisotopic (exact) mass is 400 g/mol. The minimum atomic E-state index is 0.943. The molecule has 1 heterocycles. The summed E-state index contributed by atoms with van der Waals surface area (Å²) in [6.45, 7) is 2.08. The van der Waals surface area contributed by atoms with Crippen LogP contribution >= 0.6 is 23.1 Å². The highest BCUT2D eigenvalue weighted by Crippen LogP contribution is 2.31. The van der Waals surface area contributed by atoms with Crippen LogP contribution in [0.25, 0.3) is 21.7 Å². The van der Waals surface area contributed by atoms with Crippen LogP contribution in [0.1, 0.15) is 12.5 Å². The molecule has 0 saturated carbocycles. The Hall–Kier alpha value is -2.69. The van der Waals surface area contributed by atoms with Crippen molar-refractivity contribution in [3.05, 3.63) is 89.9 Å². The molecule has 2 nitrogen and oxygen atoms in total. The molecular formula is C24H20N2S2. The lowest BCUT2D eigenvalue weighted by Crippen LogP contribution is -1.98. The van der Waals surface area contributed by atoms with E-state index in [1.54, 1.807) is 23.1 Å². The normalized spacial score (nSPS) is 11.6. The topological polar surface area (TPSA) is 25.2 Å². The molecule has 0 saturated heterocycles. The summed E-state index contributed by atoms with van der Waals surface area (Å²) in [5.41, 5.74) is 6.62. The maximum absolute atomic E-state index is 4.93. The largest absolute Gasteiger partial charge is 0.253 e. The highest BCUT2D eigenvalue weighted by atomic mass is 32.2. The Morgan fingerprint density at radius 2 is 1.75 bits per heavy atom. The number of hydrogen-bond acceptors (Lipinski definition) is 4. The van der Waals surface area contributed by atoms with Gasteiger partial charge < -0.3 is 0 Å². The maximum Gasteiger partial charge on any atom is 0.123 e. The second-order valence-electron chi connectivity index (χ2n) is 6.36. The van der Waals surface area contributed by atoms with E-state index in [1.165, 1.54) is 16.0 Å². The second kappa shape index (κ2) is 8.55. The number of aliphatic imine (C=N–C) groups is 1. The quantitative estimate of drug-likeness (QED) is 0.259. The molecule has 3 aromatic carbocycles. The smallest absolute Gasteiger partial charge is 0.123 e. The molecule has 0 unspecified atom stereocenters. The predicted molar refractivity (Wildman–Crippen MR) is 123 cm³/mol. The standard InChI is InChI=1S/C24H20N2S2/c1-17(26-20-10-6-9-19(15-20)24-25-13-14-28-24)22-12-11-21(27-2)16-23(22)18-7-4-3-5-8-18/h3-16H,1-2H3. The van der Waals surface area contributed by atoms with Gasteiger partial charge in [-0.1, -0.05) is 48.5 Å². The van der Waals surface area contributed by atoms with Crippen LogP contribution in [0.3, 0.4) is 0 Å². The van der Waals surface area contributed by atoms with E-state index >= 15 is 0 Å². The first-order valence-electron chi connectivity index (χ1n) is 9.03. The summed E-state index contributed by atoms with van der Waals surface area (Å²) in [5.74, 6) is 0. The fraction of sp³-hybridized carbons (Fsp3) is 0.0833. The average Bonchev–Trinajstić information content (AvgIpc) is 3.29. The number of benzene rings is 3. The van der Waals surface area contributed by atoms with Crippen LogP contribution in [0.4, 0.5) is 5.69 Å². The van der Waals surface area contributed by atoms with Crippen molar-refractivity contribution in [2.75, 3.05) is 6.26 Å². The SMILES string of the molecule is CSc1ccc(C(C)=Nc2cccc(-c3nccs3)c2)c(-c2ccccc2)c1. The number of aromatic nitrogens is 1. The van der Waals surface area contributed by atoms with Crippen LogP contribution in [0.5, 0.6) is 0 Å². The molecule has 0 radical (unpaired) electrons. The van der Waals surface area contributed by atoms with Gasteiger partial charge in [-0.2, -0.15) is 0 Å². The van der Waals surface area contributed by atoms with Gasteiger partial charge in [-0.25, -0.2) is 4.98 Å². The third-order valence-electron chi connectivity index (χ3n) is 4.52. The Bertz CT molecular complexity index is 1100. The Kier molecular flexibility index (Phi) is 5.70. The molecule has 0 atom stereocenters. The van der Waals surface area contributed by atoms with Gasteiger partial charge in [0, 0.05) is 33.3 Å². The molecule has 0 aliphatic rings. The first-order chi connectivity index (χ1) is 13.7. The molecular weight excluding hydrogens is 380 g/mol. The van der Waals surface area contributed by atoms with Crippen LogP contribution in [-0.2, 0) is 0 Å². The lowest BCUT2D eigenvalue weighted by atomic mass is 9.97. The lowest BCUT2D eigenvalue weighted by Gasteiger charge is -2.12. The van der Waals surface area contributed by atoms with Crippen molar-refractivity contribution in [3.8, 4) is 21.7 Å². The van der Waals surface area contributed by atoms with Crippen LogP contribution in [0, 0.1) is 0 Å². The average molecular weight is 401 g/mol. The van der Waals surface area contributed by atoms with Crippen molar-refractivity contribution < 1.29 is 0 Å². The zero-order chi connectivity index (χ0) is 19.3. The summed E-state index contributed by atoms with van der Waals surface area (Å²) >= 11 is 3.40. The summed E-state index contributed by atoms with van der Waals surface area (Å²) in [4.78, 5) is 10.6. The van der Waals surface area contributed by atoms with Gasteiger partial charge in [-0.05, 0) is 48.6 Å². The summed E-state index contributed by atoms with van der Waals surface area (Å²) in [6, 6.07) is 25.4. The fourth-order valence-electron chi connectivity index (χ4n) is 3.15. The third-order valence-corrected chi connectivity index (χ3v) is 6.07. The summed E-state index contributed by atoms with van der Waals surface area (Å²) in [6.07, 6.45) is 3.94.